The molecule has 1 aliphatic rings. The number of likely N-dealkylation sites (tertiary alicyclic amines) is 1. The summed E-state index contributed by atoms with van der Waals surface area (Å²) in [4.78, 5) is 2.53. The van der Waals surface area contributed by atoms with E-state index in [1.165, 1.54) is 11.3 Å². The SMILES string of the molecule is CCc1nn(C)cc1C(CN)N1CC(C)C(C)C1. The minimum atomic E-state index is 0.334. The minimum absolute atomic E-state index is 0.334. The molecular weight excluding hydrogens is 224 g/mol. The second-order valence-corrected chi connectivity index (χ2v) is 5.72. The first-order valence-electron chi connectivity index (χ1n) is 7.03. The van der Waals surface area contributed by atoms with Gasteiger partial charge in [0.2, 0.25) is 0 Å². The van der Waals surface area contributed by atoms with Crippen LogP contribution in [0.25, 0.3) is 0 Å². The van der Waals surface area contributed by atoms with Crippen molar-refractivity contribution in [3.63, 3.8) is 0 Å². The van der Waals surface area contributed by atoms with Crippen molar-refractivity contribution in [3.05, 3.63) is 17.5 Å². The maximum atomic E-state index is 6.03. The van der Waals surface area contributed by atoms with E-state index in [1.807, 2.05) is 11.7 Å². The van der Waals surface area contributed by atoms with Gasteiger partial charge in [0.15, 0.2) is 0 Å². The van der Waals surface area contributed by atoms with Gasteiger partial charge < -0.3 is 5.73 Å². The molecule has 0 amide bonds. The lowest BCUT2D eigenvalue weighted by Crippen LogP contribution is -2.32. The van der Waals surface area contributed by atoms with E-state index in [0.717, 1.165) is 31.3 Å². The fourth-order valence-corrected chi connectivity index (χ4v) is 3.01. The first-order chi connectivity index (χ1) is 8.56. The minimum Gasteiger partial charge on any atom is -0.329 e. The van der Waals surface area contributed by atoms with E-state index >= 15 is 0 Å². The van der Waals surface area contributed by atoms with E-state index in [0.29, 0.717) is 12.6 Å². The number of hydrogen-bond acceptors (Lipinski definition) is 3. The normalized spacial score (nSPS) is 26.7. The summed E-state index contributed by atoms with van der Waals surface area (Å²) in [7, 11) is 1.99. The summed E-state index contributed by atoms with van der Waals surface area (Å²) in [6.07, 6.45) is 3.12. The molecule has 0 bridgehead atoms. The van der Waals surface area contributed by atoms with Crippen molar-refractivity contribution in [2.45, 2.75) is 33.2 Å². The van der Waals surface area contributed by atoms with Crippen molar-refractivity contribution in [2.75, 3.05) is 19.6 Å². The highest BCUT2D eigenvalue weighted by molar-refractivity contribution is 5.22. The molecular formula is C14H26N4. The second kappa shape index (κ2) is 5.41. The zero-order valence-corrected chi connectivity index (χ0v) is 12.1. The summed E-state index contributed by atoms with van der Waals surface area (Å²) in [5.74, 6) is 1.53. The van der Waals surface area contributed by atoms with Crippen LogP contribution in [0.3, 0.4) is 0 Å². The first-order valence-corrected chi connectivity index (χ1v) is 7.03. The van der Waals surface area contributed by atoms with Gasteiger partial charge in [-0.2, -0.15) is 5.10 Å². The first kappa shape index (κ1) is 13.6. The van der Waals surface area contributed by atoms with Gasteiger partial charge in [0, 0.05) is 38.4 Å². The van der Waals surface area contributed by atoms with E-state index in [1.54, 1.807) is 0 Å². The summed E-state index contributed by atoms with van der Waals surface area (Å²) < 4.78 is 1.92. The van der Waals surface area contributed by atoms with Crippen LogP contribution >= 0.6 is 0 Å². The molecule has 4 nitrogen and oxygen atoms in total. The average Bonchev–Trinajstić information content (AvgIpc) is 2.85. The molecule has 0 radical (unpaired) electrons. The lowest BCUT2D eigenvalue weighted by molar-refractivity contribution is 0.239. The van der Waals surface area contributed by atoms with Gasteiger partial charge in [-0.3, -0.25) is 9.58 Å². The van der Waals surface area contributed by atoms with Crippen molar-refractivity contribution in [1.29, 1.82) is 0 Å². The molecule has 0 aromatic carbocycles. The van der Waals surface area contributed by atoms with Gasteiger partial charge in [0.1, 0.15) is 0 Å². The third-order valence-electron chi connectivity index (χ3n) is 4.31. The largest absolute Gasteiger partial charge is 0.329 e. The third-order valence-corrected chi connectivity index (χ3v) is 4.31. The average molecular weight is 250 g/mol. The molecule has 18 heavy (non-hydrogen) atoms. The molecule has 1 aliphatic heterocycles. The van der Waals surface area contributed by atoms with Crippen LogP contribution in [0.1, 0.15) is 38.1 Å². The number of hydrogen-bond donors (Lipinski definition) is 1. The molecule has 2 heterocycles. The van der Waals surface area contributed by atoms with Crippen molar-refractivity contribution >= 4 is 0 Å². The Morgan fingerprint density at radius 2 is 2.00 bits per heavy atom. The fourth-order valence-electron chi connectivity index (χ4n) is 3.01. The molecule has 1 saturated heterocycles. The smallest absolute Gasteiger partial charge is 0.0670 e. The Hall–Kier alpha value is -0.870. The third kappa shape index (κ3) is 2.45. The Kier molecular flexibility index (Phi) is 4.07. The molecule has 3 unspecified atom stereocenters. The van der Waals surface area contributed by atoms with E-state index in [2.05, 4.69) is 37.0 Å². The summed E-state index contributed by atoms with van der Waals surface area (Å²) >= 11 is 0. The van der Waals surface area contributed by atoms with Crippen molar-refractivity contribution in [2.24, 2.45) is 24.6 Å². The summed E-state index contributed by atoms with van der Waals surface area (Å²) in [6.45, 7) is 9.82. The zero-order chi connectivity index (χ0) is 13.3. The Morgan fingerprint density at radius 1 is 1.39 bits per heavy atom. The van der Waals surface area contributed by atoms with Crippen LogP contribution in [0.4, 0.5) is 0 Å². The summed E-state index contributed by atoms with van der Waals surface area (Å²) in [5, 5.41) is 4.54. The zero-order valence-electron chi connectivity index (χ0n) is 12.1. The molecule has 1 aromatic heterocycles. The second-order valence-electron chi connectivity index (χ2n) is 5.72. The Bertz CT molecular complexity index is 388. The molecule has 0 aliphatic carbocycles. The molecule has 4 heteroatoms. The van der Waals surface area contributed by atoms with E-state index in [-0.39, 0.29) is 0 Å². The highest BCUT2D eigenvalue weighted by Gasteiger charge is 2.32. The molecule has 1 fully saturated rings. The van der Waals surface area contributed by atoms with Gasteiger partial charge in [-0.15, -0.1) is 0 Å². The number of rotatable bonds is 4. The molecule has 2 rings (SSSR count). The van der Waals surface area contributed by atoms with Crippen LogP contribution < -0.4 is 5.73 Å². The van der Waals surface area contributed by atoms with Gasteiger partial charge in [0.25, 0.3) is 0 Å². The van der Waals surface area contributed by atoms with E-state index in [9.17, 15) is 0 Å². The quantitative estimate of drug-likeness (QED) is 0.882. The molecule has 102 valence electrons. The van der Waals surface area contributed by atoms with Crippen LogP contribution in [0.5, 0.6) is 0 Å². The fraction of sp³-hybridized carbons (Fsp3) is 0.786. The van der Waals surface area contributed by atoms with Gasteiger partial charge in [-0.1, -0.05) is 20.8 Å². The Balaban J connectivity index is 2.23. The topological polar surface area (TPSA) is 47.1 Å². The standard InChI is InChI=1S/C14H26N4/c1-5-13-12(9-17(4)16-13)14(6-15)18-7-10(2)11(3)8-18/h9-11,14H,5-8,15H2,1-4H3. The van der Waals surface area contributed by atoms with Crippen molar-refractivity contribution < 1.29 is 0 Å². The molecule has 0 spiro atoms. The molecule has 2 N–H and O–H groups in total. The maximum absolute atomic E-state index is 6.03. The molecule has 3 atom stereocenters. The van der Waals surface area contributed by atoms with E-state index < -0.39 is 0 Å². The Morgan fingerprint density at radius 3 is 2.50 bits per heavy atom. The van der Waals surface area contributed by atoms with Gasteiger partial charge in [-0.25, -0.2) is 0 Å². The van der Waals surface area contributed by atoms with Crippen LogP contribution in [-0.2, 0) is 13.5 Å². The van der Waals surface area contributed by atoms with E-state index in [4.69, 9.17) is 5.73 Å². The Labute approximate surface area is 110 Å². The monoisotopic (exact) mass is 250 g/mol. The van der Waals surface area contributed by atoms with Crippen LogP contribution in [0.2, 0.25) is 0 Å². The number of nitrogens with zero attached hydrogens (tertiary/aromatic N) is 3. The number of aromatic nitrogens is 2. The highest BCUT2D eigenvalue weighted by atomic mass is 15.3. The van der Waals surface area contributed by atoms with Crippen LogP contribution in [-0.4, -0.2) is 34.3 Å². The number of aryl methyl sites for hydroxylation is 2. The molecule has 1 aromatic rings. The lowest BCUT2D eigenvalue weighted by atomic mass is 10.0. The van der Waals surface area contributed by atoms with Crippen LogP contribution in [0, 0.1) is 11.8 Å². The molecule has 0 saturated carbocycles. The maximum Gasteiger partial charge on any atom is 0.0670 e. The predicted octanol–water partition coefficient (Wildman–Crippen LogP) is 1.57. The number of nitrogens with two attached hydrogens (primary N) is 1. The summed E-state index contributed by atoms with van der Waals surface area (Å²) in [5.41, 5.74) is 8.55. The van der Waals surface area contributed by atoms with Crippen molar-refractivity contribution in [3.8, 4) is 0 Å². The summed E-state index contributed by atoms with van der Waals surface area (Å²) in [6, 6.07) is 0.334. The van der Waals surface area contributed by atoms with Gasteiger partial charge in [-0.05, 0) is 18.3 Å². The predicted molar refractivity (Wildman–Crippen MR) is 74.3 cm³/mol. The van der Waals surface area contributed by atoms with Crippen LogP contribution in [0.15, 0.2) is 6.20 Å². The van der Waals surface area contributed by atoms with Gasteiger partial charge >= 0.3 is 0 Å². The lowest BCUT2D eigenvalue weighted by Gasteiger charge is -2.26. The van der Waals surface area contributed by atoms with Gasteiger partial charge in [0.05, 0.1) is 11.7 Å². The van der Waals surface area contributed by atoms with Crippen molar-refractivity contribution in [1.82, 2.24) is 14.7 Å². The highest BCUT2D eigenvalue weighted by Crippen LogP contribution is 2.31.